The maximum absolute atomic E-state index is 12.0. The molecule has 0 saturated carbocycles. The minimum absolute atomic E-state index is 0.245. The minimum atomic E-state index is -1.04. The highest BCUT2D eigenvalue weighted by molar-refractivity contribution is 5.93. The van der Waals surface area contributed by atoms with Gasteiger partial charge in [0.05, 0.1) is 14.2 Å². The lowest BCUT2D eigenvalue weighted by atomic mass is 9.95. The third-order valence-corrected chi connectivity index (χ3v) is 4.68. The number of nitrogens with zero attached hydrogens (tertiary/aromatic N) is 1. The molecule has 0 fully saturated rings. The van der Waals surface area contributed by atoms with E-state index in [1.165, 1.54) is 14.2 Å². The number of esters is 1. The fourth-order valence-electron chi connectivity index (χ4n) is 3.23. The van der Waals surface area contributed by atoms with Crippen LogP contribution in [0.3, 0.4) is 0 Å². The Kier molecular flexibility index (Phi) is 5.15. The van der Waals surface area contributed by atoms with E-state index in [-0.39, 0.29) is 6.42 Å². The number of aliphatic hydroxyl groups is 2. The first kappa shape index (κ1) is 18.2. The summed E-state index contributed by atoms with van der Waals surface area (Å²) in [5.74, 6) is -0.136. The number of benzene rings is 2. The van der Waals surface area contributed by atoms with Gasteiger partial charge in [0.25, 0.3) is 0 Å². The van der Waals surface area contributed by atoms with Crippen molar-refractivity contribution in [2.24, 2.45) is 0 Å². The van der Waals surface area contributed by atoms with E-state index in [1.807, 2.05) is 31.2 Å². The van der Waals surface area contributed by atoms with Crippen LogP contribution in [0.25, 0.3) is 0 Å². The van der Waals surface area contributed by atoms with Gasteiger partial charge in [0.15, 0.2) is 6.23 Å². The van der Waals surface area contributed by atoms with Crippen molar-refractivity contribution in [2.75, 3.05) is 19.1 Å². The fourth-order valence-corrected chi connectivity index (χ4v) is 3.23. The number of hydrogen-bond acceptors (Lipinski definition) is 6. The van der Waals surface area contributed by atoms with Crippen LogP contribution in [0.15, 0.2) is 36.4 Å². The summed E-state index contributed by atoms with van der Waals surface area (Å²) in [6.07, 6.45) is -1.75. The van der Waals surface area contributed by atoms with Gasteiger partial charge in [-0.2, -0.15) is 0 Å². The van der Waals surface area contributed by atoms with Crippen molar-refractivity contribution in [3.8, 4) is 5.75 Å². The predicted octanol–water partition coefficient (Wildman–Crippen LogP) is 2.03. The van der Waals surface area contributed by atoms with E-state index in [4.69, 9.17) is 9.47 Å². The molecule has 1 heterocycles. The number of anilines is 1. The summed E-state index contributed by atoms with van der Waals surface area (Å²) >= 11 is 0. The molecular formula is C20H23NO5. The van der Waals surface area contributed by atoms with E-state index < -0.39 is 18.3 Å². The van der Waals surface area contributed by atoms with Crippen LogP contribution >= 0.6 is 0 Å². The highest BCUT2D eigenvalue weighted by Gasteiger charge is 2.33. The molecule has 2 aromatic rings. The Labute approximate surface area is 152 Å². The molecule has 2 N–H and O–H groups in total. The highest BCUT2D eigenvalue weighted by atomic mass is 16.5. The van der Waals surface area contributed by atoms with Crippen LogP contribution < -0.4 is 9.64 Å². The average molecular weight is 357 g/mol. The molecule has 2 aromatic carbocycles. The standard InChI is InChI=1S/C20H23NO5/c1-12-4-6-13(7-5-12)11-21-16-10-18(25-2)15(20(24)26-3)8-14(16)9-17(22)19(21)23/h4-8,10,17,19,22-23H,9,11H2,1-3H3. The highest BCUT2D eigenvalue weighted by Crippen LogP contribution is 2.37. The van der Waals surface area contributed by atoms with Gasteiger partial charge in [-0.05, 0) is 24.1 Å². The van der Waals surface area contributed by atoms with E-state index in [9.17, 15) is 15.0 Å². The van der Waals surface area contributed by atoms with Crippen LogP contribution in [-0.2, 0) is 17.7 Å². The minimum Gasteiger partial charge on any atom is -0.496 e. The lowest BCUT2D eigenvalue weighted by molar-refractivity contribution is 0.0116. The number of methoxy groups -OCH3 is 2. The molecule has 0 bridgehead atoms. The number of carbonyl (C=O) groups excluding carboxylic acids is 1. The van der Waals surface area contributed by atoms with Gasteiger partial charge in [-0.25, -0.2) is 4.79 Å². The Balaban J connectivity index is 2.04. The largest absolute Gasteiger partial charge is 0.496 e. The smallest absolute Gasteiger partial charge is 0.341 e. The van der Waals surface area contributed by atoms with Crippen LogP contribution in [0.4, 0.5) is 5.69 Å². The van der Waals surface area contributed by atoms with Crippen LogP contribution in [0, 0.1) is 6.92 Å². The number of carbonyl (C=O) groups is 1. The topological polar surface area (TPSA) is 79.2 Å². The van der Waals surface area contributed by atoms with Crippen molar-refractivity contribution in [1.29, 1.82) is 0 Å². The van der Waals surface area contributed by atoms with E-state index in [0.29, 0.717) is 17.9 Å². The zero-order valence-electron chi connectivity index (χ0n) is 15.1. The van der Waals surface area contributed by atoms with E-state index in [0.717, 1.165) is 22.4 Å². The maximum Gasteiger partial charge on any atom is 0.341 e. The van der Waals surface area contributed by atoms with Crippen LogP contribution in [0.5, 0.6) is 5.75 Å². The number of ether oxygens (including phenoxy) is 2. The molecule has 2 unspecified atom stereocenters. The van der Waals surface area contributed by atoms with Gasteiger partial charge in [0, 0.05) is 24.7 Å². The van der Waals surface area contributed by atoms with Gasteiger partial charge in [-0.1, -0.05) is 29.8 Å². The molecule has 0 amide bonds. The Morgan fingerprint density at radius 3 is 2.50 bits per heavy atom. The summed E-state index contributed by atoms with van der Waals surface area (Å²) in [4.78, 5) is 13.7. The van der Waals surface area contributed by atoms with Crippen molar-refractivity contribution in [3.05, 3.63) is 58.7 Å². The molecule has 0 saturated heterocycles. The number of aliphatic hydroxyl groups excluding tert-OH is 2. The molecule has 0 radical (unpaired) electrons. The summed E-state index contributed by atoms with van der Waals surface area (Å²) < 4.78 is 10.1. The van der Waals surface area contributed by atoms with Crippen molar-refractivity contribution in [2.45, 2.75) is 32.2 Å². The molecule has 26 heavy (non-hydrogen) atoms. The van der Waals surface area contributed by atoms with Gasteiger partial charge in [0.1, 0.15) is 17.4 Å². The molecule has 0 spiro atoms. The first-order valence-electron chi connectivity index (χ1n) is 8.42. The summed E-state index contributed by atoms with van der Waals surface area (Å²) in [6, 6.07) is 11.4. The number of hydrogen-bond donors (Lipinski definition) is 2. The molecular weight excluding hydrogens is 334 g/mol. The molecule has 6 heteroatoms. The molecule has 6 nitrogen and oxygen atoms in total. The van der Waals surface area contributed by atoms with Gasteiger partial charge in [0.2, 0.25) is 0 Å². The van der Waals surface area contributed by atoms with Crippen LogP contribution in [0.1, 0.15) is 27.0 Å². The Hall–Kier alpha value is -2.57. The van der Waals surface area contributed by atoms with Crippen molar-refractivity contribution >= 4 is 11.7 Å². The molecule has 0 aromatic heterocycles. The Bertz CT molecular complexity index is 803. The zero-order chi connectivity index (χ0) is 18.8. The molecule has 2 atom stereocenters. The summed E-state index contributed by atoms with van der Waals surface area (Å²) in [5, 5.41) is 20.8. The van der Waals surface area contributed by atoms with Crippen LogP contribution in [-0.4, -0.2) is 42.7 Å². The SMILES string of the molecule is COC(=O)c1cc2c(cc1OC)N(Cc1ccc(C)cc1)C(O)C(O)C2. The third-order valence-electron chi connectivity index (χ3n) is 4.68. The molecule has 1 aliphatic rings. The zero-order valence-corrected chi connectivity index (χ0v) is 15.1. The first-order valence-corrected chi connectivity index (χ1v) is 8.42. The average Bonchev–Trinajstić information content (AvgIpc) is 2.65. The fraction of sp³-hybridized carbons (Fsp3) is 0.350. The molecule has 1 aliphatic heterocycles. The second kappa shape index (κ2) is 7.35. The van der Waals surface area contributed by atoms with Gasteiger partial charge < -0.3 is 24.6 Å². The Morgan fingerprint density at radius 1 is 1.19 bits per heavy atom. The molecule has 0 aliphatic carbocycles. The summed E-state index contributed by atoms with van der Waals surface area (Å²) in [6.45, 7) is 2.43. The first-order chi connectivity index (χ1) is 12.4. The molecule has 3 rings (SSSR count). The number of fused-ring (bicyclic) bond motifs is 1. The second-order valence-electron chi connectivity index (χ2n) is 6.47. The van der Waals surface area contributed by atoms with Crippen molar-refractivity contribution < 1.29 is 24.5 Å². The van der Waals surface area contributed by atoms with Crippen molar-refractivity contribution in [3.63, 3.8) is 0 Å². The quantitative estimate of drug-likeness (QED) is 0.815. The summed E-state index contributed by atoms with van der Waals surface area (Å²) in [7, 11) is 2.79. The second-order valence-corrected chi connectivity index (χ2v) is 6.47. The Morgan fingerprint density at radius 2 is 1.88 bits per heavy atom. The maximum atomic E-state index is 12.0. The number of rotatable bonds is 4. The third kappa shape index (κ3) is 3.38. The predicted molar refractivity (Wildman–Crippen MR) is 97.4 cm³/mol. The van der Waals surface area contributed by atoms with Crippen molar-refractivity contribution in [1.82, 2.24) is 0 Å². The van der Waals surface area contributed by atoms with Crippen LogP contribution in [0.2, 0.25) is 0 Å². The molecule has 138 valence electrons. The monoisotopic (exact) mass is 357 g/mol. The lowest BCUT2D eigenvalue weighted by Crippen LogP contribution is -2.48. The van der Waals surface area contributed by atoms with Gasteiger partial charge in [-0.3, -0.25) is 0 Å². The van der Waals surface area contributed by atoms with E-state index in [2.05, 4.69) is 0 Å². The van der Waals surface area contributed by atoms with E-state index in [1.54, 1.807) is 17.0 Å². The normalized spacial score (nSPS) is 19.0. The number of aryl methyl sites for hydroxylation is 1. The van der Waals surface area contributed by atoms with Gasteiger partial charge >= 0.3 is 5.97 Å². The lowest BCUT2D eigenvalue weighted by Gasteiger charge is -2.39. The van der Waals surface area contributed by atoms with Gasteiger partial charge in [-0.15, -0.1) is 0 Å². The van der Waals surface area contributed by atoms with E-state index >= 15 is 0 Å². The summed E-state index contributed by atoms with van der Waals surface area (Å²) in [5.41, 5.74) is 3.94.